The highest BCUT2D eigenvalue weighted by molar-refractivity contribution is 5.36. The van der Waals surface area contributed by atoms with Gasteiger partial charge in [-0.1, -0.05) is 26.2 Å². The van der Waals surface area contributed by atoms with Crippen LogP contribution in [-0.2, 0) is 9.63 Å². The van der Waals surface area contributed by atoms with Crippen molar-refractivity contribution in [1.82, 2.24) is 5.48 Å². The van der Waals surface area contributed by atoms with Crippen molar-refractivity contribution in [3.05, 3.63) is 0 Å². The summed E-state index contributed by atoms with van der Waals surface area (Å²) in [5, 5.41) is 0. The zero-order valence-corrected chi connectivity index (χ0v) is 6.43. The van der Waals surface area contributed by atoms with Crippen LogP contribution in [0.1, 0.15) is 32.6 Å². The predicted octanol–water partition coefficient (Wildman–Crippen LogP) is 1.24. The van der Waals surface area contributed by atoms with Crippen LogP contribution in [0.5, 0.6) is 0 Å². The molecule has 0 aliphatic rings. The number of hydrogen-bond acceptors (Lipinski definition) is 3. The molecule has 0 fully saturated rings. The zero-order chi connectivity index (χ0) is 7.66. The summed E-state index contributed by atoms with van der Waals surface area (Å²) in [7, 11) is 0. The van der Waals surface area contributed by atoms with Crippen molar-refractivity contribution in [3.8, 4) is 0 Å². The molecule has 0 unspecified atom stereocenters. The maximum Gasteiger partial charge on any atom is 0.312 e. The van der Waals surface area contributed by atoms with Gasteiger partial charge in [0.1, 0.15) is 0 Å². The Morgan fingerprint density at radius 3 is 2.80 bits per heavy atom. The fraction of sp³-hybridized carbons (Fsp3) is 0.857. The van der Waals surface area contributed by atoms with Crippen molar-refractivity contribution in [1.29, 1.82) is 0 Å². The molecule has 0 aliphatic carbocycles. The largest absolute Gasteiger partial charge is 0.374 e. The molecule has 0 aromatic carbocycles. The second-order valence-electron chi connectivity index (χ2n) is 2.17. The summed E-state index contributed by atoms with van der Waals surface area (Å²) in [6.07, 6.45) is 4.75. The Labute approximate surface area is 61.7 Å². The summed E-state index contributed by atoms with van der Waals surface area (Å²) in [5.74, 6) is 0. The molecule has 0 amide bonds. The molecule has 0 atom stereocenters. The second-order valence-corrected chi connectivity index (χ2v) is 2.17. The molecule has 0 radical (unpaired) electrons. The van der Waals surface area contributed by atoms with E-state index in [-0.39, 0.29) is 0 Å². The normalized spacial score (nSPS) is 9.30. The first-order chi connectivity index (χ1) is 4.91. The van der Waals surface area contributed by atoms with Gasteiger partial charge in [0.15, 0.2) is 0 Å². The molecule has 0 aromatic rings. The number of carbonyl (C=O) groups is 1. The average molecular weight is 145 g/mol. The fourth-order valence-corrected chi connectivity index (χ4v) is 0.717. The summed E-state index contributed by atoms with van der Waals surface area (Å²) in [6, 6.07) is 0. The first-order valence-corrected chi connectivity index (χ1v) is 3.74. The van der Waals surface area contributed by atoms with Gasteiger partial charge in [-0.25, -0.2) is 0 Å². The highest BCUT2D eigenvalue weighted by atomic mass is 16.7. The molecule has 0 heterocycles. The van der Waals surface area contributed by atoms with Crippen molar-refractivity contribution < 1.29 is 9.63 Å². The van der Waals surface area contributed by atoms with Crippen LogP contribution in [0.15, 0.2) is 0 Å². The third-order valence-corrected chi connectivity index (χ3v) is 1.26. The Bertz CT molecular complexity index is 76.0. The molecule has 0 rings (SSSR count). The summed E-state index contributed by atoms with van der Waals surface area (Å²) in [5.41, 5.74) is 2.53. The number of hydrogen-bond donors (Lipinski definition) is 1. The van der Waals surface area contributed by atoms with Crippen molar-refractivity contribution >= 4 is 6.47 Å². The number of rotatable bonds is 7. The molecule has 0 aromatic heterocycles. The van der Waals surface area contributed by atoms with Crippen molar-refractivity contribution in [2.24, 2.45) is 0 Å². The predicted molar refractivity (Wildman–Crippen MR) is 39.3 cm³/mol. The maximum absolute atomic E-state index is 9.61. The van der Waals surface area contributed by atoms with E-state index < -0.39 is 0 Å². The van der Waals surface area contributed by atoms with Gasteiger partial charge >= 0.3 is 6.47 Å². The monoisotopic (exact) mass is 145 g/mol. The van der Waals surface area contributed by atoms with Gasteiger partial charge in [0.2, 0.25) is 0 Å². The molecule has 3 nitrogen and oxygen atoms in total. The van der Waals surface area contributed by atoms with E-state index in [0.717, 1.165) is 13.0 Å². The molecule has 60 valence electrons. The third kappa shape index (κ3) is 7.43. The topological polar surface area (TPSA) is 38.3 Å². The van der Waals surface area contributed by atoms with Gasteiger partial charge in [0, 0.05) is 6.54 Å². The van der Waals surface area contributed by atoms with Crippen molar-refractivity contribution in [2.45, 2.75) is 32.6 Å². The van der Waals surface area contributed by atoms with Crippen LogP contribution in [0.4, 0.5) is 0 Å². The molecule has 3 heteroatoms. The lowest BCUT2D eigenvalue weighted by molar-refractivity contribution is -0.135. The van der Waals surface area contributed by atoms with Crippen LogP contribution in [0, 0.1) is 0 Å². The van der Waals surface area contributed by atoms with E-state index in [1.807, 2.05) is 0 Å². The number of carbonyl (C=O) groups excluding carboxylic acids is 1. The summed E-state index contributed by atoms with van der Waals surface area (Å²) in [6.45, 7) is 3.33. The fourth-order valence-electron chi connectivity index (χ4n) is 0.717. The van der Waals surface area contributed by atoms with E-state index in [4.69, 9.17) is 0 Å². The van der Waals surface area contributed by atoms with Crippen molar-refractivity contribution in [3.63, 3.8) is 0 Å². The lowest BCUT2D eigenvalue weighted by Crippen LogP contribution is -2.14. The Morgan fingerprint density at radius 1 is 1.40 bits per heavy atom. The van der Waals surface area contributed by atoms with E-state index in [0.29, 0.717) is 6.47 Å². The van der Waals surface area contributed by atoms with Crippen LogP contribution < -0.4 is 5.48 Å². The second kappa shape index (κ2) is 8.43. The molecule has 0 aliphatic heterocycles. The van der Waals surface area contributed by atoms with Crippen LogP contribution in [0.2, 0.25) is 0 Å². The minimum absolute atomic E-state index is 0.403. The minimum Gasteiger partial charge on any atom is -0.374 e. The van der Waals surface area contributed by atoms with Crippen LogP contribution >= 0.6 is 0 Å². The zero-order valence-electron chi connectivity index (χ0n) is 6.43. The van der Waals surface area contributed by atoms with Crippen LogP contribution in [0.25, 0.3) is 0 Å². The number of unbranched alkanes of at least 4 members (excludes halogenated alkanes) is 3. The Hall–Kier alpha value is -0.570. The molecule has 1 N–H and O–H groups in total. The van der Waals surface area contributed by atoms with E-state index >= 15 is 0 Å². The first-order valence-electron chi connectivity index (χ1n) is 3.74. The molecule has 0 bridgehead atoms. The first kappa shape index (κ1) is 9.43. The Morgan fingerprint density at radius 2 is 2.20 bits per heavy atom. The molecule has 0 saturated heterocycles. The van der Waals surface area contributed by atoms with Gasteiger partial charge in [-0.05, 0) is 6.42 Å². The van der Waals surface area contributed by atoms with Crippen LogP contribution in [-0.4, -0.2) is 13.0 Å². The highest BCUT2D eigenvalue weighted by Crippen LogP contribution is 1.96. The smallest absolute Gasteiger partial charge is 0.312 e. The molecule has 0 spiro atoms. The number of hydroxylamine groups is 1. The minimum atomic E-state index is 0.403. The molecular weight excluding hydrogens is 130 g/mol. The maximum atomic E-state index is 9.61. The van der Waals surface area contributed by atoms with Gasteiger partial charge in [0.25, 0.3) is 0 Å². The average Bonchev–Trinajstić information content (AvgIpc) is 1.97. The quantitative estimate of drug-likeness (QED) is 0.333. The standard InChI is InChI=1S/C7H15NO2/c1-2-3-4-5-6-8-10-7-9/h7-8H,2-6H2,1H3. The van der Waals surface area contributed by atoms with Gasteiger partial charge in [0.05, 0.1) is 0 Å². The van der Waals surface area contributed by atoms with Gasteiger partial charge < -0.3 is 4.84 Å². The lowest BCUT2D eigenvalue weighted by Gasteiger charge is -1.99. The summed E-state index contributed by atoms with van der Waals surface area (Å²) < 4.78 is 0. The molecule has 10 heavy (non-hydrogen) atoms. The van der Waals surface area contributed by atoms with Crippen LogP contribution in [0.3, 0.4) is 0 Å². The van der Waals surface area contributed by atoms with Crippen molar-refractivity contribution in [2.75, 3.05) is 6.54 Å². The highest BCUT2D eigenvalue weighted by Gasteiger charge is 1.86. The Balaban J connectivity index is 2.70. The van der Waals surface area contributed by atoms with Gasteiger partial charge in [-0.15, -0.1) is 0 Å². The van der Waals surface area contributed by atoms with E-state index in [2.05, 4.69) is 17.2 Å². The molecular formula is C7H15NO2. The summed E-state index contributed by atoms with van der Waals surface area (Å²) in [4.78, 5) is 13.9. The van der Waals surface area contributed by atoms with E-state index in [1.165, 1.54) is 19.3 Å². The van der Waals surface area contributed by atoms with E-state index in [1.54, 1.807) is 0 Å². The number of nitrogens with one attached hydrogen (secondary N) is 1. The van der Waals surface area contributed by atoms with Gasteiger partial charge in [-0.3, -0.25) is 4.79 Å². The summed E-state index contributed by atoms with van der Waals surface area (Å²) >= 11 is 0. The van der Waals surface area contributed by atoms with Gasteiger partial charge in [-0.2, -0.15) is 5.48 Å². The third-order valence-electron chi connectivity index (χ3n) is 1.26. The lowest BCUT2D eigenvalue weighted by atomic mass is 10.2. The van der Waals surface area contributed by atoms with E-state index in [9.17, 15) is 4.79 Å². The Kier molecular flexibility index (Phi) is 7.95. The molecule has 0 saturated carbocycles. The SMILES string of the molecule is CCCCCCNOC=O.